The van der Waals surface area contributed by atoms with Crippen molar-refractivity contribution in [2.24, 2.45) is 11.7 Å². The van der Waals surface area contributed by atoms with Gasteiger partial charge < -0.3 is 5.73 Å². The second-order valence-electron chi connectivity index (χ2n) is 5.52. The van der Waals surface area contributed by atoms with Gasteiger partial charge in [-0.25, -0.2) is 4.39 Å². The molecular weight excluding hydrogens is 239 g/mol. The number of benzene rings is 1. The normalized spacial score (nSPS) is 14.9. The molecule has 0 heterocycles. The van der Waals surface area contributed by atoms with Crippen LogP contribution in [-0.4, -0.2) is 24.0 Å². The van der Waals surface area contributed by atoms with E-state index in [0.717, 1.165) is 25.1 Å². The zero-order valence-corrected chi connectivity index (χ0v) is 12.6. The summed E-state index contributed by atoms with van der Waals surface area (Å²) >= 11 is 0. The highest BCUT2D eigenvalue weighted by Gasteiger charge is 2.27. The largest absolute Gasteiger partial charge is 0.326 e. The lowest BCUT2D eigenvalue weighted by Gasteiger charge is -2.36. The first kappa shape index (κ1) is 16.1. The summed E-state index contributed by atoms with van der Waals surface area (Å²) in [5.74, 6) is 0.386. The fourth-order valence-electron chi connectivity index (χ4n) is 2.54. The summed E-state index contributed by atoms with van der Waals surface area (Å²) in [6.45, 7) is 10.3. The Kier molecular flexibility index (Phi) is 6.46. The molecular formula is C16H27FN2. The molecule has 0 aliphatic heterocycles. The standard InChI is InChI=1S/C16H27FN2/c1-5-15(18)16(19(6-2)11-12(3)4)13-9-7-8-10-14(13)17/h7-10,12,15-16H,5-6,11,18H2,1-4H3. The lowest BCUT2D eigenvalue weighted by atomic mass is 9.95. The Morgan fingerprint density at radius 2 is 1.84 bits per heavy atom. The molecule has 0 aromatic heterocycles. The van der Waals surface area contributed by atoms with Crippen LogP contribution in [0.15, 0.2) is 24.3 Å². The topological polar surface area (TPSA) is 29.3 Å². The van der Waals surface area contributed by atoms with Crippen LogP contribution in [0.3, 0.4) is 0 Å². The summed E-state index contributed by atoms with van der Waals surface area (Å²) in [5, 5.41) is 0. The zero-order valence-electron chi connectivity index (χ0n) is 12.6. The van der Waals surface area contributed by atoms with Crippen LogP contribution >= 0.6 is 0 Å². The monoisotopic (exact) mass is 266 g/mol. The molecule has 0 saturated carbocycles. The van der Waals surface area contributed by atoms with Gasteiger partial charge in [0, 0.05) is 18.2 Å². The average molecular weight is 266 g/mol. The van der Waals surface area contributed by atoms with Gasteiger partial charge >= 0.3 is 0 Å². The summed E-state index contributed by atoms with van der Waals surface area (Å²) in [4.78, 5) is 2.29. The van der Waals surface area contributed by atoms with Gasteiger partial charge in [-0.15, -0.1) is 0 Å². The van der Waals surface area contributed by atoms with Gasteiger partial charge in [-0.05, 0) is 24.9 Å². The van der Waals surface area contributed by atoms with Gasteiger partial charge in [0.1, 0.15) is 5.82 Å². The Bertz CT molecular complexity index is 379. The number of nitrogens with zero attached hydrogens (tertiary/aromatic N) is 1. The van der Waals surface area contributed by atoms with Gasteiger partial charge in [-0.3, -0.25) is 4.90 Å². The van der Waals surface area contributed by atoms with Crippen LogP contribution in [0.4, 0.5) is 4.39 Å². The first-order valence-electron chi connectivity index (χ1n) is 7.25. The molecule has 0 aliphatic rings. The number of rotatable bonds is 7. The van der Waals surface area contributed by atoms with Crippen LogP contribution in [0.1, 0.15) is 45.7 Å². The minimum atomic E-state index is -0.154. The number of nitrogens with two attached hydrogens (primary N) is 1. The van der Waals surface area contributed by atoms with E-state index >= 15 is 0 Å². The minimum absolute atomic E-state index is 0.0430. The molecule has 2 nitrogen and oxygen atoms in total. The van der Waals surface area contributed by atoms with E-state index < -0.39 is 0 Å². The van der Waals surface area contributed by atoms with Crippen LogP contribution in [-0.2, 0) is 0 Å². The summed E-state index contributed by atoms with van der Waals surface area (Å²) in [5.41, 5.74) is 6.98. The molecule has 2 unspecified atom stereocenters. The SMILES string of the molecule is CCC(N)C(c1ccccc1F)N(CC)CC(C)C. The van der Waals surface area contributed by atoms with E-state index in [4.69, 9.17) is 5.73 Å². The van der Waals surface area contributed by atoms with E-state index in [2.05, 4.69) is 32.6 Å². The smallest absolute Gasteiger partial charge is 0.128 e. The molecule has 0 saturated heterocycles. The Labute approximate surface area is 116 Å². The molecule has 0 radical (unpaired) electrons. The van der Waals surface area contributed by atoms with E-state index in [-0.39, 0.29) is 17.9 Å². The maximum absolute atomic E-state index is 14.1. The summed E-state index contributed by atoms with van der Waals surface area (Å²) < 4.78 is 14.1. The van der Waals surface area contributed by atoms with Gasteiger partial charge in [-0.2, -0.15) is 0 Å². The average Bonchev–Trinajstić information content (AvgIpc) is 2.39. The fraction of sp³-hybridized carbons (Fsp3) is 0.625. The second kappa shape index (κ2) is 7.61. The van der Waals surface area contributed by atoms with Gasteiger partial charge in [0.25, 0.3) is 0 Å². The fourth-order valence-corrected chi connectivity index (χ4v) is 2.54. The number of halogens is 1. The molecule has 0 fully saturated rings. The van der Waals surface area contributed by atoms with Crippen molar-refractivity contribution in [1.82, 2.24) is 4.90 Å². The van der Waals surface area contributed by atoms with Crippen molar-refractivity contribution in [3.8, 4) is 0 Å². The molecule has 108 valence electrons. The number of hydrogen-bond acceptors (Lipinski definition) is 2. The highest BCUT2D eigenvalue weighted by molar-refractivity contribution is 5.23. The van der Waals surface area contributed by atoms with Crippen molar-refractivity contribution in [2.45, 2.75) is 46.2 Å². The predicted octanol–water partition coefficient (Wildman–Crippen LogP) is 3.58. The van der Waals surface area contributed by atoms with Crippen molar-refractivity contribution in [3.63, 3.8) is 0 Å². The quantitative estimate of drug-likeness (QED) is 0.817. The van der Waals surface area contributed by atoms with Gasteiger partial charge in [0.2, 0.25) is 0 Å². The van der Waals surface area contributed by atoms with Crippen LogP contribution in [0.5, 0.6) is 0 Å². The maximum atomic E-state index is 14.1. The van der Waals surface area contributed by atoms with Gasteiger partial charge in [0.05, 0.1) is 6.04 Å². The van der Waals surface area contributed by atoms with Gasteiger partial charge in [-0.1, -0.05) is 45.9 Å². The Morgan fingerprint density at radius 1 is 1.21 bits per heavy atom. The Balaban J connectivity index is 3.10. The molecule has 1 aromatic carbocycles. The lowest BCUT2D eigenvalue weighted by molar-refractivity contribution is 0.156. The van der Waals surface area contributed by atoms with Crippen LogP contribution in [0, 0.1) is 11.7 Å². The Hall–Kier alpha value is -0.930. The molecule has 0 spiro atoms. The van der Waals surface area contributed by atoms with Crippen molar-refractivity contribution in [1.29, 1.82) is 0 Å². The molecule has 19 heavy (non-hydrogen) atoms. The third-order valence-corrected chi connectivity index (χ3v) is 3.50. The second-order valence-corrected chi connectivity index (χ2v) is 5.52. The molecule has 1 aromatic rings. The minimum Gasteiger partial charge on any atom is -0.326 e. The number of hydrogen-bond donors (Lipinski definition) is 1. The molecule has 2 atom stereocenters. The first-order chi connectivity index (χ1) is 9.01. The molecule has 1 rings (SSSR count). The summed E-state index contributed by atoms with van der Waals surface area (Å²) in [6.07, 6.45) is 0.841. The number of likely N-dealkylation sites (N-methyl/N-ethyl adjacent to an activating group) is 1. The van der Waals surface area contributed by atoms with Crippen LogP contribution in [0.25, 0.3) is 0 Å². The highest BCUT2D eigenvalue weighted by Crippen LogP contribution is 2.27. The van der Waals surface area contributed by atoms with Crippen molar-refractivity contribution in [3.05, 3.63) is 35.6 Å². The third-order valence-electron chi connectivity index (χ3n) is 3.50. The summed E-state index contributed by atoms with van der Waals surface area (Å²) in [7, 11) is 0. The summed E-state index contributed by atoms with van der Waals surface area (Å²) in [6, 6.07) is 6.91. The molecule has 2 N–H and O–H groups in total. The molecule has 0 amide bonds. The molecule has 0 bridgehead atoms. The van der Waals surface area contributed by atoms with Crippen molar-refractivity contribution < 1.29 is 4.39 Å². The first-order valence-corrected chi connectivity index (χ1v) is 7.25. The third kappa shape index (κ3) is 4.29. The maximum Gasteiger partial charge on any atom is 0.128 e. The lowest BCUT2D eigenvalue weighted by Crippen LogP contribution is -2.42. The van der Waals surface area contributed by atoms with E-state index in [1.165, 1.54) is 6.07 Å². The van der Waals surface area contributed by atoms with Crippen LogP contribution < -0.4 is 5.73 Å². The molecule has 3 heteroatoms. The van der Waals surface area contributed by atoms with E-state index in [1.807, 2.05) is 12.1 Å². The highest BCUT2D eigenvalue weighted by atomic mass is 19.1. The van der Waals surface area contributed by atoms with Gasteiger partial charge in [0.15, 0.2) is 0 Å². The van der Waals surface area contributed by atoms with E-state index in [9.17, 15) is 4.39 Å². The van der Waals surface area contributed by atoms with Crippen molar-refractivity contribution in [2.75, 3.05) is 13.1 Å². The van der Waals surface area contributed by atoms with Crippen molar-refractivity contribution >= 4 is 0 Å². The van der Waals surface area contributed by atoms with E-state index in [0.29, 0.717) is 5.92 Å². The zero-order chi connectivity index (χ0) is 14.4. The Morgan fingerprint density at radius 3 is 2.32 bits per heavy atom. The van der Waals surface area contributed by atoms with E-state index in [1.54, 1.807) is 6.07 Å². The predicted molar refractivity (Wildman–Crippen MR) is 79.5 cm³/mol. The van der Waals surface area contributed by atoms with Crippen LogP contribution in [0.2, 0.25) is 0 Å². The molecule has 0 aliphatic carbocycles.